The Bertz CT molecular complexity index is 1350. The third-order valence-electron chi connectivity index (χ3n) is 6.27. The van der Waals surface area contributed by atoms with Crippen LogP contribution in [0.15, 0.2) is 42.5 Å². The van der Waals surface area contributed by atoms with Gasteiger partial charge in [0.25, 0.3) is 5.91 Å². The molecule has 2 heterocycles. The van der Waals surface area contributed by atoms with Gasteiger partial charge in [-0.15, -0.1) is 10.2 Å². The van der Waals surface area contributed by atoms with Crippen molar-refractivity contribution in [2.75, 3.05) is 6.61 Å². The minimum absolute atomic E-state index is 0.00892. The highest BCUT2D eigenvalue weighted by Gasteiger charge is 2.61. The Balaban J connectivity index is 1.70. The molecule has 14 heteroatoms. The lowest BCUT2D eigenvalue weighted by molar-refractivity contribution is -0.202. The van der Waals surface area contributed by atoms with Crippen LogP contribution in [0.5, 0.6) is 5.75 Å². The summed E-state index contributed by atoms with van der Waals surface area (Å²) in [6, 6.07) is 9.01. The van der Waals surface area contributed by atoms with Crippen LogP contribution in [0.2, 0.25) is 0 Å². The number of H-pyrrole nitrogens is 1. The van der Waals surface area contributed by atoms with Crippen molar-refractivity contribution < 1.29 is 40.3 Å². The summed E-state index contributed by atoms with van der Waals surface area (Å²) in [5.41, 5.74) is -3.23. The number of carbonyl (C=O) groups excluding carboxylic acids is 1. The van der Waals surface area contributed by atoms with Gasteiger partial charge in [-0.3, -0.25) is 4.79 Å². The summed E-state index contributed by atoms with van der Waals surface area (Å²) in [6.45, 7) is 1.59. The number of hydrogen-bond acceptors (Lipinski definition) is 5. The van der Waals surface area contributed by atoms with Gasteiger partial charge in [0.2, 0.25) is 5.82 Å². The largest absolute Gasteiger partial charge is 0.493 e. The summed E-state index contributed by atoms with van der Waals surface area (Å²) < 4.78 is 102. The number of aryl methyl sites for hydroxylation is 1. The second-order valence-electron chi connectivity index (χ2n) is 9.05. The van der Waals surface area contributed by atoms with E-state index in [-0.39, 0.29) is 47.7 Å². The van der Waals surface area contributed by atoms with Gasteiger partial charge in [0.1, 0.15) is 11.6 Å². The van der Waals surface area contributed by atoms with E-state index in [4.69, 9.17) is 4.74 Å². The van der Waals surface area contributed by atoms with Gasteiger partial charge >= 0.3 is 12.4 Å². The number of unbranched alkanes of at least 4 members (excludes halogenated alkanes) is 1. The first kappa shape index (κ1) is 28.0. The maximum atomic E-state index is 15.3. The minimum Gasteiger partial charge on any atom is -0.493 e. The van der Waals surface area contributed by atoms with Gasteiger partial charge in [-0.25, -0.2) is 4.39 Å². The molecular formula is C25H22F7N5O2. The predicted molar refractivity (Wildman–Crippen MR) is 124 cm³/mol. The summed E-state index contributed by atoms with van der Waals surface area (Å²) in [7, 11) is 0. The summed E-state index contributed by atoms with van der Waals surface area (Å²) in [5, 5.41) is 15.0. The highest BCUT2D eigenvalue weighted by molar-refractivity contribution is 6.27. The van der Waals surface area contributed by atoms with Crippen molar-refractivity contribution >= 4 is 17.1 Å². The van der Waals surface area contributed by atoms with E-state index in [9.17, 15) is 31.1 Å². The van der Waals surface area contributed by atoms with Gasteiger partial charge in [-0.2, -0.15) is 31.6 Å². The quantitative estimate of drug-likeness (QED) is 0.276. The molecule has 0 fully saturated rings. The van der Waals surface area contributed by atoms with E-state index in [1.165, 1.54) is 12.1 Å². The Morgan fingerprint density at radius 3 is 2.33 bits per heavy atom. The molecular weight excluding hydrogens is 535 g/mol. The molecule has 39 heavy (non-hydrogen) atoms. The predicted octanol–water partition coefficient (Wildman–Crippen LogP) is 5.65. The van der Waals surface area contributed by atoms with Crippen LogP contribution in [0.4, 0.5) is 30.7 Å². The number of nitrogens with one attached hydrogen (secondary N) is 2. The second-order valence-corrected chi connectivity index (χ2v) is 9.05. The number of alkyl halides is 6. The number of hydrogen-bond donors (Lipinski definition) is 2. The Labute approximate surface area is 217 Å². The molecule has 1 amide bonds. The van der Waals surface area contributed by atoms with E-state index >= 15 is 4.39 Å². The lowest BCUT2D eigenvalue weighted by atomic mass is 9.76. The molecule has 3 aromatic rings. The molecule has 1 atom stereocenters. The fraction of sp³-hybridized carbons (Fsp3) is 0.360. The highest BCUT2D eigenvalue weighted by atomic mass is 19.4. The average Bonchev–Trinajstić information content (AvgIpc) is 3.37. The van der Waals surface area contributed by atoms with E-state index in [0.29, 0.717) is 6.07 Å². The summed E-state index contributed by atoms with van der Waals surface area (Å²) >= 11 is 0. The molecule has 0 aliphatic carbocycles. The standard InChI is InChI=1S/C25H22F7N5O2/c1-14-4-6-15(7-5-14)17-13-23(25(30,31)32,33-22(38)20(17)21-34-36-37-35-21)18-9-8-16(12-19(18)26)39-11-3-2-10-24(27,28)29/h4-9,12H,2-3,10-11,13H2,1H3,(H,33,38)(H,34,35,36,37). The molecule has 4 rings (SSSR count). The zero-order valence-electron chi connectivity index (χ0n) is 20.4. The van der Waals surface area contributed by atoms with Crippen LogP contribution in [-0.2, 0) is 10.3 Å². The topological polar surface area (TPSA) is 92.8 Å². The van der Waals surface area contributed by atoms with Crippen LogP contribution in [0.3, 0.4) is 0 Å². The number of rotatable bonds is 8. The van der Waals surface area contributed by atoms with Crippen molar-refractivity contribution in [3.05, 3.63) is 70.8 Å². The fourth-order valence-corrected chi connectivity index (χ4v) is 4.33. The molecule has 0 spiro atoms. The van der Waals surface area contributed by atoms with Crippen LogP contribution in [-0.4, -0.2) is 45.5 Å². The van der Waals surface area contributed by atoms with Crippen LogP contribution in [0, 0.1) is 12.7 Å². The van der Waals surface area contributed by atoms with E-state index in [1.807, 2.05) is 5.32 Å². The van der Waals surface area contributed by atoms with Crippen molar-refractivity contribution in [3.8, 4) is 5.75 Å². The molecule has 2 N–H and O–H groups in total. The van der Waals surface area contributed by atoms with Crippen molar-refractivity contribution in [2.45, 2.75) is 50.5 Å². The number of ether oxygens (including phenoxy) is 1. The minimum atomic E-state index is -5.15. The number of benzene rings is 2. The van der Waals surface area contributed by atoms with E-state index in [2.05, 4.69) is 20.6 Å². The first-order chi connectivity index (χ1) is 18.3. The molecule has 0 saturated heterocycles. The normalized spacial score (nSPS) is 18.3. The summed E-state index contributed by atoms with van der Waals surface area (Å²) in [5.74, 6) is -2.88. The first-order valence-electron chi connectivity index (χ1n) is 11.7. The number of tetrazole rings is 1. The van der Waals surface area contributed by atoms with Gasteiger partial charge in [0.05, 0.1) is 12.2 Å². The lowest BCUT2D eigenvalue weighted by Gasteiger charge is -2.41. The maximum absolute atomic E-state index is 15.3. The van der Waals surface area contributed by atoms with Gasteiger partial charge in [0.15, 0.2) is 5.54 Å². The molecule has 0 saturated carbocycles. The van der Waals surface area contributed by atoms with Gasteiger partial charge in [-0.05, 0) is 48.2 Å². The van der Waals surface area contributed by atoms with Crippen molar-refractivity contribution in [2.24, 2.45) is 0 Å². The van der Waals surface area contributed by atoms with Crippen LogP contribution >= 0.6 is 0 Å². The lowest BCUT2D eigenvalue weighted by Crippen LogP contribution is -2.59. The Morgan fingerprint density at radius 2 is 1.74 bits per heavy atom. The molecule has 0 bridgehead atoms. The number of halogens is 7. The zero-order valence-corrected chi connectivity index (χ0v) is 20.4. The van der Waals surface area contributed by atoms with Gasteiger partial charge in [0, 0.05) is 24.5 Å². The summed E-state index contributed by atoms with van der Waals surface area (Å²) in [6.07, 6.45) is -11.6. The first-order valence-corrected chi connectivity index (χ1v) is 11.7. The molecule has 1 aromatic heterocycles. The number of aromatic nitrogens is 4. The molecule has 1 unspecified atom stereocenters. The van der Waals surface area contributed by atoms with E-state index in [0.717, 1.165) is 17.7 Å². The van der Waals surface area contributed by atoms with Crippen LogP contribution in [0.25, 0.3) is 11.1 Å². The van der Waals surface area contributed by atoms with Crippen molar-refractivity contribution in [3.63, 3.8) is 0 Å². The Kier molecular flexibility index (Phi) is 7.66. The molecule has 1 aliphatic rings. The van der Waals surface area contributed by atoms with Gasteiger partial charge in [-0.1, -0.05) is 29.8 Å². The molecule has 208 valence electrons. The Morgan fingerprint density at radius 1 is 1.03 bits per heavy atom. The Hall–Kier alpha value is -3.97. The monoisotopic (exact) mass is 557 g/mol. The molecule has 2 aromatic carbocycles. The average molecular weight is 557 g/mol. The third-order valence-corrected chi connectivity index (χ3v) is 6.27. The van der Waals surface area contributed by atoms with Gasteiger partial charge < -0.3 is 10.1 Å². The number of carbonyl (C=O) groups is 1. The van der Waals surface area contributed by atoms with Crippen molar-refractivity contribution in [1.29, 1.82) is 0 Å². The SMILES string of the molecule is Cc1ccc(C2=C(c3nn[nH]n3)C(=O)NC(c3ccc(OCCCCC(F)(F)F)cc3F)(C(F)(F)F)C2)cc1. The third kappa shape index (κ3) is 6.04. The molecule has 0 radical (unpaired) electrons. The van der Waals surface area contributed by atoms with E-state index in [1.54, 1.807) is 19.1 Å². The number of nitrogens with zero attached hydrogens (tertiary/aromatic N) is 3. The molecule has 7 nitrogen and oxygen atoms in total. The summed E-state index contributed by atoms with van der Waals surface area (Å²) in [4.78, 5) is 13.2. The highest BCUT2D eigenvalue weighted by Crippen LogP contribution is 2.50. The van der Waals surface area contributed by atoms with Crippen molar-refractivity contribution in [1.82, 2.24) is 25.9 Å². The zero-order chi connectivity index (χ0) is 28.4. The smallest absolute Gasteiger partial charge is 0.416 e. The molecule has 1 aliphatic heterocycles. The fourth-order valence-electron chi connectivity index (χ4n) is 4.33. The van der Waals surface area contributed by atoms with E-state index < -0.39 is 48.0 Å². The van der Waals surface area contributed by atoms with Crippen LogP contribution < -0.4 is 10.1 Å². The maximum Gasteiger partial charge on any atom is 0.416 e. The number of aromatic amines is 1. The van der Waals surface area contributed by atoms with Crippen LogP contribution in [0.1, 0.15) is 48.2 Å². The number of amides is 1. The second kappa shape index (κ2) is 10.7.